The molecule has 0 aliphatic heterocycles. The smallest absolute Gasteiger partial charge is 0.306 e. The van der Waals surface area contributed by atoms with E-state index in [1.807, 2.05) is 0 Å². The lowest BCUT2D eigenvalue weighted by Crippen LogP contribution is -2.30. The number of rotatable bonds is 57. The van der Waals surface area contributed by atoms with Gasteiger partial charge in [-0.25, -0.2) is 0 Å². The van der Waals surface area contributed by atoms with Gasteiger partial charge in [-0.3, -0.25) is 14.4 Å². The van der Waals surface area contributed by atoms with Crippen molar-refractivity contribution >= 4 is 17.9 Å². The SMILES string of the molecule is CCCCCCC/C=C\C/C=C\C/C=C\CCCCCCCCCCCCCCCCCCC(=O)OCC(COC(=O)CCCCCCC)OC(=O)CCCCCCCCCCCCCCCCCC. The van der Waals surface area contributed by atoms with Crippen LogP contribution >= 0.6 is 0 Å². The van der Waals surface area contributed by atoms with Crippen molar-refractivity contribution in [1.29, 1.82) is 0 Å². The second kappa shape index (κ2) is 59.2. The van der Waals surface area contributed by atoms with Gasteiger partial charge >= 0.3 is 17.9 Å². The van der Waals surface area contributed by atoms with E-state index < -0.39 is 6.10 Å². The van der Waals surface area contributed by atoms with E-state index in [9.17, 15) is 14.4 Å². The summed E-state index contributed by atoms with van der Waals surface area (Å²) in [5.74, 6) is -0.862. The lowest BCUT2D eigenvalue weighted by molar-refractivity contribution is -0.167. The molecule has 70 heavy (non-hydrogen) atoms. The van der Waals surface area contributed by atoms with Gasteiger partial charge < -0.3 is 14.2 Å². The van der Waals surface area contributed by atoms with Crippen molar-refractivity contribution in [2.24, 2.45) is 0 Å². The zero-order valence-electron chi connectivity index (χ0n) is 47.1. The first-order valence-corrected chi connectivity index (χ1v) is 31.0. The lowest BCUT2D eigenvalue weighted by Gasteiger charge is -2.18. The Bertz CT molecular complexity index is 1170. The topological polar surface area (TPSA) is 78.9 Å². The van der Waals surface area contributed by atoms with E-state index in [1.54, 1.807) is 0 Å². The molecule has 0 aliphatic rings. The molecule has 0 aromatic rings. The van der Waals surface area contributed by atoms with Gasteiger partial charge in [0.25, 0.3) is 0 Å². The Morgan fingerprint density at radius 1 is 0.286 bits per heavy atom. The van der Waals surface area contributed by atoms with Crippen molar-refractivity contribution in [3.8, 4) is 0 Å². The number of allylic oxidation sites excluding steroid dienone is 6. The molecule has 0 spiro atoms. The minimum Gasteiger partial charge on any atom is -0.462 e. The van der Waals surface area contributed by atoms with Crippen LogP contribution in [0.3, 0.4) is 0 Å². The largest absolute Gasteiger partial charge is 0.462 e. The second-order valence-corrected chi connectivity index (χ2v) is 21.0. The van der Waals surface area contributed by atoms with Crippen LogP contribution in [0.4, 0.5) is 0 Å². The number of hydrogen-bond donors (Lipinski definition) is 0. The average molecular weight is 984 g/mol. The quantitative estimate of drug-likeness (QED) is 0.0261. The summed E-state index contributed by atoms with van der Waals surface area (Å²) in [4.78, 5) is 37.8. The third kappa shape index (κ3) is 56.5. The van der Waals surface area contributed by atoms with Crippen LogP contribution in [0.2, 0.25) is 0 Å². The van der Waals surface area contributed by atoms with Gasteiger partial charge in [0.1, 0.15) is 13.2 Å². The molecule has 0 fully saturated rings. The van der Waals surface area contributed by atoms with Crippen LogP contribution in [-0.2, 0) is 28.6 Å². The molecule has 6 heteroatoms. The molecule has 1 unspecified atom stereocenters. The third-order valence-corrected chi connectivity index (χ3v) is 13.9. The summed E-state index contributed by atoms with van der Waals surface area (Å²) in [6.07, 6.45) is 72.0. The van der Waals surface area contributed by atoms with Crippen molar-refractivity contribution < 1.29 is 28.6 Å². The van der Waals surface area contributed by atoms with Crippen molar-refractivity contribution in [3.05, 3.63) is 36.5 Å². The van der Waals surface area contributed by atoms with Crippen molar-refractivity contribution in [2.75, 3.05) is 13.2 Å². The van der Waals surface area contributed by atoms with Crippen LogP contribution < -0.4 is 0 Å². The van der Waals surface area contributed by atoms with Crippen LogP contribution in [0, 0.1) is 0 Å². The molecule has 0 amide bonds. The van der Waals surface area contributed by atoms with E-state index in [2.05, 4.69) is 57.2 Å². The van der Waals surface area contributed by atoms with Gasteiger partial charge in [-0.15, -0.1) is 0 Å². The van der Waals surface area contributed by atoms with Crippen molar-refractivity contribution in [3.63, 3.8) is 0 Å². The zero-order chi connectivity index (χ0) is 50.7. The van der Waals surface area contributed by atoms with Crippen LogP contribution in [0.1, 0.15) is 335 Å². The Labute approximate surface area is 435 Å². The van der Waals surface area contributed by atoms with Gasteiger partial charge in [-0.1, -0.05) is 295 Å². The van der Waals surface area contributed by atoms with Gasteiger partial charge in [0.05, 0.1) is 0 Å². The molecule has 0 N–H and O–H groups in total. The summed E-state index contributed by atoms with van der Waals surface area (Å²) in [7, 11) is 0. The maximum atomic E-state index is 12.8. The number of carbonyl (C=O) groups excluding carboxylic acids is 3. The van der Waals surface area contributed by atoms with E-state index in [-0.39, 0.29) is 31.1 Å². The normalized spacial score (nSPS) is 12.2. The monoisotopic (exact) mass is 983 g/mol. The van der Waals surface area contributed by atoms with Gasteiger partial charge in [0, 0.05) is 19.3 Å². The van der Waals surface area contributed by atoms with E-state index in [0.29, 0.717) is 19.3 Å². The fourth-order valence-electron chi connectivity index (χ4n) is 9.22. The number of hydrogen-bond acceptors (Lipinski definition) is 6. The third-order valence-electron chi connectivity index (χ3n) is 13.9. The summed E-state index contributed by atoms with van der Waals surface area (Å²) in [6.45, 7) is 6.59. The summed E-state index contributed by atoms with van der Waals surface area (Å²) >= 11 is 0. The molecule has 0 rings (SSSR count). The van der Waals surface area contributed by atoms with E-state index >= 15 is 0 Å². The van der Waals surface area contributed by atoms with Gasteiger partial charge in [-0.05, 0) is 57.8 Å². The molecule has 0 bridgehead atoms. The number of esters is 3. The van der Waals surface area contributed by atoms with Gasteiger partial charge in [-0.2, -0.15) is 0 Å². The zero-order valence-corrected chi connectivity index (χ0v) is 47.1. The maximum absolute atomic E-state index is 12.8. The minimum absolute atomic E-state index is 0.0673. The predicted molar refractivity (Wildman–Crippen MR) is 302 cm³/mol. The molecular weight excluding hydrogens is 865 g/mol. The highest BCUT2D eigenvalue weighted by atomic mass is 16.6. The molecular formula is C64H118O6. The Balaban J connectivity index is 3.94. The Morgan fingerprint density at radius 3 is 0.800 bits per heavy atom. The fourth-order valence-corrected chi connectivity index (χ4v) is 9.22. The van der Waals surface area contributed by atoms with Crippen molar-refractivity contribution in [1.82, 2.24) is 0 Å². The molecule has 0 aromatic heterocycles. The van der Waals surface area contributed by atoms with E-state index in [0.717, 1.165) is 77.0 Å². The van der Waals surface area contributed by atoms with Crippen LogP contribution in [0.5, 0.6) is 0 Å². The standard InChI is InChI=1S/C64H118O6/c1-4-7-10-13-15-17-19-21-23-25-26-27-28-29-30-31-32-33-34-35-36-37-38-39-41-42-44-46-48-51-54-57-63(66)69-60-61(59-68-62(65)56-53-50-12-9-6-3)70-64(67)58-55-52-49-47-45-43-40-24-22-20-18-16-14-11-8-5-2/h19,21,25-26,28-29,61H,4-18,20,22-24,27,30-60H2,1-3H3/b21-19-,26-25-,29-28-. The Hall–Kier alpha value is -2.37. The van der Waals surface area contributed by atoms with Crippen LogP contribution in [0.15, 0.2) is 36.5 Å². The minimum atomic E-state index is -0.764. The maximum Gasteiger partial charge on any atom is 0.306 e. The molecule has 0 aliphatic carbocycles. The highest BCUT2D eigenvalue weighted by molar-refractivity contribution is 5.71. The highest BCUT2D eigenvalue weighted by Crippen LogP contribution is 2.17. The first-order valence-electron chi connectivity index (χ1n) is 31.0. The van der Waals surface area contributed by atoms with E-state index in [1.165, 1.54) is 218 Å². The summed E-state index contributed by atoms with van der Waals surface area (Å²) in [5, 5.41) is 0. The lowest BCUT2D eigenvalue weighted by atomic mass is 10.0. The molecule has 0 radical (unpaired) electrons. The summed E-state index contributed by atoms with van der Waals surface area (Å²) < 4.78 is 16.7. The average Bonchev–Trinajstić information content (AvgIpc) is 3.36. The molecule has 0 aromatic carbocycles. The molecule has 6 nitrogen and oxygen atoms in total. The van der Waals surface area contributed by atoms with Gasteiger partial charge in [0.2, 0.25) is 0 Å². The number of unbranched alkanes of at least 4 members (excludes halogenated alkanes) is 40. The molecule has 410 valence electrons. The fraction of sp³-hybridized carbons (Fsp3) is 0.859. The first kappa shape index (κ1) is 67.6. The predicted octanol–water partition coefficient (Wildman–Crippen LogP) is 20.8. The van der Waals surface area contributed by atoms with E-state index in [4.69, 9.17) is 14.2 Å². The Morgan fingerprint density at radius 2 is 0.514 bits per heavy atom. The number of ether oxygens (including phenoxy) is 3. The molecule has 0 heterocycles. The highest BCUT2D eigenvalue weighted by Gasteiger charge is 2.19. The van der Waals surface area contributed by atoms with Crippen LogP contribution in [0.25, 0.3) is 0 Å². The molecule has 0 saturated heterocycles. The molecule has 0 saturated carbocycles. The summed E-state index contributed by atoms with van der Waals surface area (Å²) in [5.41, 5.74) is 0. The number of carbonyl (C=O) groups is 3. The van der Waals surface area contributed by atoms with Crippen LogP contribution in [-0.4, -0.2) is 37.2 Å². The summed E-state index contributed by atoms with van der Waals surface area (Å²) in [6, 6.07) is 0. The first-order chi connectivity index (χ1) is 34.5. The Kier molecular flexibility index (Phi) is 57.2. The molecule has 1 atom stereocenters. The second-order valence-electron chi connectivity index (χ2n) is 21.0. The van der Waals surface area contributed by atoms with Gasteiger partial charge in [0.15, 0.2) is 6.10 Å². The van der Waals surface area contributed by atoms with Crippen molar-refractivity contribution in [2.45, 2.75) is 341 Å².